The van der Waals surface area contributed by atoms with Gasteiger partial charge in [0, 0.05) is 4.88 Å². The highest BCUT2D eigenvalue weighted by Gasteiger charge is 2.16. The molecule has 2 heterocycles. The van der Waals surface area contributed by atoms with Gasteiger partial charge in [-0.3, -0.25) is 0 Å². The van der Waals surface area contributed by atoms with Crippen LogP contribution < -0.4 is 4.72 Å². The first kappa shape index (κ1) is 13.3. The molecule has 2 aromatic heterocycles. The summed E-state index contributed by atoms with van der Waals surface area (Å²) in [6.45, 7) is 4.00. The van der Waals surface area contributed by atoms with Crippen molar-refractivity contribution in [3.05, 3.63) is 40.7 Å². The lowest BCUT2D eigenvalue weighted by atomic mass is 10.4. The highest BCUT2D eigenvalue weighted by molar-refractivity contribution is 7.91. The fourth-order valence-electron chi connectivity index (χ4n) is 1.51. The maximum atomic E-state index is 12.0. The molecule has 0 aromatic carbocycles. The molecule has 0 aliphatic carbocycles. The number of hydrogen-bond donors (Lipinski definition) is 1. The standard InChI is InChI=1S/C12H15NO3S2/c1-3-11-6-7-12(17-11)18(14,15)13-8-10-5-4-9(2)16-10/h4-7,13H,3,8H2,1-2H3. The van der Waals surface area contributed by atoms with E-state index < -0.39 is 10.0 Å². The van der Waals surface area contributed by atoms with Gasteiger partial charge in [0.2, 0.25) is 10.0 Å². The first-order valence-corrected chi connectivity index (χ1v) is 7.95. The highest BCUT2D eigenvalue weighted by atomic mass is 32.2. The van der Waals surface area contributed by atoms with Crippen LogP contribution in [0.5, 0.6) is 0 Å². The summed E-state index contributed by atoms with van der Waals surface area (Å²) in [4.78, 5) is 1.06. The van der Waals surface area contributed by atoms with Gasteiger partial charge in [-0.05, 0) is 37.6 Å². The van der Waals surface area contributed by atoms with Crippen molar-refractivity contribution >= 4 is 21.4 Å². The van der Waals surface area contributed by atoms with Crippen LogP contribution in [-0.2, 0) is 23.0 Å². The Labute approximate surface area is 111 Å². The van der Waals surface area contributed by atoms with Crippen LogP contribution in [0.15, 0.2) is 32.9 Å². The van der Waals surface area contributed by atoms with Crippen LogP contribution in [0.1, 0.15) is 23.3 Å². The number of sulfonamides is 1. The topological polar surface area (TPSA) is 59.3 Å². The molecule has 0 radical (unpaired) electrons. The third-order valence-electron chi connectivity index (χ3n) is 2.48. The van der Waals surface area contributed by atoms with E-state index in [1.54, 1.807) is 12.1 Å². The zero-order valence-corrected chi connectivity index (χ0v) is 11.9. The second-order valence-corrected chi connectivity index (χ2v) is 7.07. The predicted molar refractivity (Wildman–Crippen MR) is 71.2 cm³/mol. The van der Waals surface area contributed by atoms with E-state index in [4.69, 9.17) is 4.42 Å². The number of hydrogen-bond acceptors (Lipinski definition) is 4. The third-order valence-corrected chi connectivity index (χ3v) is 5.61. The van der Waals surface area contributed by atoms with E-state index in [1.165, 1.54) is 11.3 Å². The molecule has 18 heavy (non-hydrogen) atoms. The Morgan fingerprint density at radius 2 is 2.06 bits per heavy atom. The quantitative estimate of drug-likeness (QED) is 0.919. The Morgan fingerprint density at radius 1 is 1.28 bits per heavy atom. The van der Waals surface area contributed by atoms with Crippen LogP contribution in [0.4, 0.5) is 0 Å². The Hall–Kier alpha value is -1.11. The van der Waals surface area contributed by atoms with E-state index in [-0.39, 0.29) is 6.54 Å². The molecule has 2 rings (SSSR count). The molecule has 2 aromatic rings. The normalized spacial score (nSPS) is 11.9. The molecule has 0 aliphatic rings. The van der Waals surface area contributed by atoms with Crippen molar-refractivity contribution in [2.45, 2.75) is 31.0 Å². The Balaban J connectivity index is 2.07. The lowest BCUT2D eigenvalue weighted by Gasteiger charge is -2.02. The molecule has 0 bridgehead atoms. The third kappa shape index (κ3) is 3.01. The summed E-state index contributed by atoms with van der Waals surface area (Å²) >= 11 is 1.30. The van der Waals surface area contributed by atoms with Crippen molar-refractivity contribution in [2.75, 3.05) is 0 Å². The lowest BCUT2D eigenvalue weighted by Crippen LogP contribution is -2.22. The molecule has 0 spiro atoms. The number of rotatable bonds is 5. The van der Waals surface area contributed by atoms with Gasteiger partial charge >= 0.3 is 0 Å². The van der Waals surface area contributed by atoms with Crippen molar-refractivity contribution in [3.63, 3.8) is 0 Å². The number of thiophene rings is 1. The van der Waals surface area contributed by atoms with Crippen molar-refractivity contribution in [2.24, 2.45) is 0 Å². The number of aryl methyl sites for hydroxylation is 2. The Bertz CT molecular complexity index is 625. The first-order valence-electron chi connectivity index (χ1n) is 5.65. The zero-order valence-electron chi connectivity index (χ0n) is 10.3. The molecule has 4 nitrogen and oxygen atoms in total. The molecule has 0 atom stereocenters. The van der Waals surface area contributed by atoms with Gasteiger partial charge in [0.1, 0.15) is 15.7 Å². The minimum atomic E-state index is -3.43. The summed E-state index contributed by atoms with van der Waals surface area (Å²) in [7, 11) is -3.43. The maximum absolute atomic E-state index is 12.0. The molecule has 6 heteroatoms. The summed E-state index contributed by atoms with van der Waals surface area (Å²) in [6, 6.07) is 7.06. The smallest absolute Gasteiger partial charge is 0.250 e. The Morgan fingerprint density at radius 3 is 2.61 bits per heavy atom. The predicted octanol–water partition coefficient (Wildman–Crippen LogP) is 2.69. The molecular weight excluding hydrogens is 270 g/mol. The van der Waals surface area contributed by atoms with Gasteiger partial charge in [0.05, 0.1) is 6.54 Å². The van der Waals surface area contributed by atoms with Gasteiger partial charge in [-0.1, -0.05) is 6.92 Å². The van der Waals surface area contributed by atoms with Crippen LogP contribution in [-0.4, -0.2) is 8.42 Å². The van der Waals surface area contributed by atoms with Crippen LogP contribution >= 0.6 is 11.3 Å². The van der Waals surface area contributed by atoms with Crippen LogP contribution in [0.3, 0.4) is 0 Å². The fraction of sp³-hybridized carbons (Fsp3) is 0.333. The summed E-state index contributed by atoms with van der Waals surface area (Å²) in [5, 5.41) is 0. The molecule has 0 aliphatic heterocycles. The van der Waals surface area contributed by atoms with Crippen LogP contribution in [0.2, 0.25) is 0 Å². The van der Waals surface area contributed by atoms with Crippen molar-refractivity contribution < 1.29 is 12.8 Å². The molecule has 1 N–H and O–H groups in total. The maximum Gasteiger partial charge on any atom is 0.250 e. The molecule has 0 saturated heterocycles. The summed E-state index contributed by atoms with van der Waals surface area (Å²) in [5.74, 6) is 1.39. The van der Waals surface area contributed by atoms with E-state index in [0.29, 0.717) is 9.97 Å². The summed E-state index contributed by atoms with van der Waals surface area (Å²) in [6.07, 6.45) is 0.845. The minimum absolute atomic E-state index is 0.176. The number of nitrogens with one attached hydrogen (secondary N) is 1. The average molecular weight is 285 g/mol. The lowest BCUT2D eigenvalue weighted by molar-refractivity contribution is 0.475. The van der Waals surface area contributed by atoms with E-state index in [2.05, 4.69) is 4.72 Å². The van der Waals surface area contributed by atoms with Crippen molar-refractivity contribution in [1.82, 2.24) is 4.72 Å². The molecule has 0 saturated carbocycles. The van der Waals surface area contributed by atoms with Gasteiger partial charge in [-0.25, -0.2) is 13.1 Å². The van der Waals surface area contributed by atoms with Gasteiger partial charge in [0.15, 0.2) is 0 Å². The fourth-order valence-corrected chi connectivity index (χ4v) is 3.84. The number of furan rings is 1. The monoisotopic (exact) mass is 285 g/mol. The summed E-state index contributed by atoms with van der Waals surface area (Å²) < 4.78 is 32.2. The summed E-state index contributed by atoms with van der Waals surface area (Å²) in [5.41, 5.74) is 0. The van der Waals surface area contributed by atoms with E-state index in [0.717, 1.165) is 17.1 Å². The molecule has 0 unspecified atom stereocenters. The van der Waals surface area contributed by atoms with Gasteiger partial charge in [-0.2, -0.15) is 0 Å². The molecule has 0 fully saturated rings. The van der Waals surface area contributed by atoms with Gasteiger partial charge in [-0.15, -0.1) is 11.3 Å². The second kappa shape index (κ2) is 5.26. The Kier molecular flexibility index (Phi) is 3.89. The molecular formula is C12H15NO3S2. The first-order chi connectivity index (χ1) is 8.51. The van der Waals surface area contributed by atoms with Crippen molar-refractivity contribution in [1.29, 1.82) is 0 Å². The van der Waals surface area contributed by atoms with Crippen molar-refractivity contribution in [3.8, 4) is 0 Å². The zero-order chi connectivity index (χ0) is 13.2. The minimum Gasteiger partial charge on any atom is -0.465 e. The molecule has 98 valence electrons. The second-order valence-electron chi connectivity index (χ2n) is 3.91. The van der Waals surface area contributed by atoms with E-state index in [9.17, 15) is 8.42 Å². The highest BCUT2D eigenvalue weighted by Crippen LogP contribution is 2.22. The van der Waals surface area contributed by atoms with Crippen LogP contribution in [0, 0.1) is 6.92 Å². The average Bonchev–Trinajstić information content (AvgIpc) is 2.95. The van der Waals surface area contributed by atoms with E-state index >= 15 is 0 Å². The SMILES string of the molecule is CCc1ccc(S(=O)(=O)NCc2ccc(C)o2)s1. The van der Waals surface area contributed by atoms with Gasteiger partial charge in [0.25, 0.3) is 0 Å². The molecule has 0 amide bonds. The van der Waals surface area contributed by atoms with Crippen LogP contribution in [0.25, 0.3) is 0 Å². The van der Waals surface area contributed by atoms with Gasteiger partial charge < -0.3 is 4.42 Å². The largest absolute Gasteiger partial charge is 0.465 e. The van der Waals surface area contributed by atoms with E-state index in [1.807, 2.05) is 26.0 Å².